The third-order valence-electron chi connectivity index (χ3n) is 4.47. The van der Waals surface area contributed by atoms with Gasteiger partial charge in [-0.2, -0.15) is 0 Å². The van der Waals surface area contributed by atoms with E-state index in [-0.39, 0.29) is 18.6 Å². The third kappa shape index (κ3) is 4.34. The number of esters is 1. The summed E-state index contributed by atoms with van der Waals surface area (Å²) in [5, 5.41) is 7.54. The normalized spacial score (nSPS) is 12.1. The van der Waals surface area contributed by atoms with Gasteiger partial charge in [0.15, 0.2) is 12.4 Å². The van der Waals surface area contributed by atoms with Crippen LogP contribution in [0.3, 0.4) is 0 Å². The van der Waals surface area contributed by atoms with Gasteiger partial charge in [-0.1, -0.05) is 49.3 Å². The maximum atomic E-state index is 12.3. The van der Waals surface area contributed by atoms with E-state index >= 15 is 0 Å². The molecule has 1 amide bonds. The second-order valence-corrected chi connectivity index (χ2v) is 6.79. The van der Waals surface area contributed by atoms with E-state index in [4.69, 9.17) is 9.26 Å². The SMILES string of the molecule is CC(C)[C@H](C)NC(=O)COC(=O)c1ccc2noc(-c3ccccc3)c2c1. The Morgan fingerprint density at radius 2 is 1.85 bits per heavy atom. The lowest BCUT2D eigenvalue weighted by Gasteiger charge is -2.17. The summed E-state index contributed by atoms with van der Waals surface area (Å²) < 4.78 is 10.6. The van der Waals surface area contributed by atoms with Crippen molar-refractivity contribution in [2.75, 3.05) is 6.61 Å². The fourth-order valence-corrected chi connectivity index (χ4v) is 2.54. The molecule has 0 fully saturated rings. The molecular formula is C21H22N2O4. The number of aromatic nitrogens is 1. The zero-order valence-corrected chi connectivity index (χ0v) is 15.6. The lowest BCUT2D eigenvalue weighted by Crippen LogP contribution is -2.38. The lowest BCUT2D eigenvalue weighted by atomic mass is 10.1. The Morgan fingerprint density at radius 3 is 2.56 bits per heavy atom. The fourth-order valence-electron chi connectivity index (χ4n) is 2.54. The number of carbonyl (C=O) groups excluding carboxylic acids is 2. The largest absolute Gasteiger partial charge is 0.452 e. The number of hydrogen-bond donors (Lipinski definition) is 1. The molecule has 1 atom stereocenters. The molecule has 3 aromatic rings. The molecule has 0 radical (unpaired) electrons. The standard InChI is InChI=1S/C21H22N2O4/c1-13(2)14(3)22-19(24)12-26-21(25)16-9-10-18-17(11-16)20(27-23-18)15-7-5-4-6-8-15/h4-11,13-14H,12H2,1-3H3,(H,22,24)/t14-/m0/s1. The van der Waals surface area contributed by atoms with Gasteiger partial charge in [-0.25, -0.2) is 4.79 Å². The molecule has 0 spiro atoms. The van der Waals surface area contributed by atoms with Crippen molar-refractivity contribution in [3.8, 4) is 11.3 Å². The molecule has 0 saturated carbocycles. The molecule has 6 nitrogen and oxygen atoms in total. The van der Waals surface area contributed by atoms with Gasteiger partial charge in [-0.3, -0.25) is 4.79 Å². The van der Waals surface area contributed by atoms with Gasteiger partial charge in [-0.05, 0) is 31.0 Å². The highest BCUT2D eigenvalue weighted by molar-refractivity contribution is 5.99. The van der Waals surface area contributed by atoms with Gasteiger partial charge in [0.25, 0.3) is 5.91 Å². The first-order valence-electron chi connectivity index (χ1n) is 8.87. The molecule has 27 heavy (non-hydrogen) atoms. The third-order valence-corrected chi connectivity index (χ3v) is 4.47. The van der Waals surface area contributed by atoms with Gasteiger partial charge in [-0.15, -0.1) is 0 Å². The molecular weight excluding hydrogens is 344 g/mol. The highest BCUT2D eigenvalue weighted by atomic mass is 16.5. The number of rotatable bonds is 6. The Labute approximate surface area is 157 Å². The van der Waals surface area contributed by atoms with E-state index in [2.05, 4.69) is 10.5 Å². The molecule has 1 N–H and O–H groups in total. The molecule has 0 unspecified atom stereocenters. The van der Waals surface area contributed by atoms with Gasteiger partial charge >= 0.3 is 5.97 Å². The zero-order valence-electron chi connectivity index (χ0n) is 15.6. The van der Waals surface area contributed by atoms with Crippen molar-refractivity contribution in [2.45, 2.75) is 26.8 Å². The van der Waals surface area contributed by atoms with Crippen LogP contribution in [0.5, 0.6) is 0 Å². The number of nitrogens with zero attached hydrogens (tertiary/aromatic N) is 1. The first-order valence-corrected chi connectivity index (χ1v) is 8.87. The van der Waals surface area contributed by atoms with Gasteiger partial charge in [0.05, 0.1) is 10.9 Å². The van der Waals surface area contributed by atoms with Gasteiger partial charge in [0, 0.05) is 11.6 Å². The molecule has 6 heteroatoms. The van der Waals surface area contributed by atoms with E-state index in [1.165, 1.54) is 0 Å². The van der Waals surface area contributed by atoms with Crippen LogP contribution in [0, 0.1) is 5.92 Å². The van der Waals surface area contributed by atoms with Crippen LogP contribution in [-0.2, 0) is 9.53 Å². The molecule has 0 aliphatic heterocycles. The van der Waals surface area contributed by atoms with Crippen molar-refractivity contribution in [1.29, 1.82) is 0 Å². The molecule has 1 heterocycles. The van der Waals surface area contributed by atoms with Crippen LogP contribution in [0.15, 0.2) is 53.1 Å². The van der Waals surface area contributed by atoms with Crippen LogP contribution in [0.1, 0.15) is 31.1 Å². The summed E-state index contributed by atoms with van der Waals surface area (Å²) in [7, 11) is 0. The van der Waals surface area contributed by atoms with Gasteiger partial charge in [0.1, 0.15) is 5.52 Å². The number of carbonyl (C=O) groups is 2. The van der Waals surface area contributed by atoms with Crippen LogP contribution in [-0.4, -0.2) is 29.7 Å². The minimum Gasteiger partial charge on any atom is -0.452 e. The Hall–Kier alpha value is -3.15. The molecule has 3 rings (SSSR count). The summed E-state index contributed by atoms with van der Waals surface area (Å²) >= 11 is 0. The Bertz CT molecular complexity index is 947. The first-order chi connectivity index (χ1) is 13.0. The molecule has 0 aliphatic carbocycles. The maximum absolute atomic E-state index is 12.3. The lowest BCUT2D eigenvalue weighted by molar-refractivity contribution is -0.125. The van der Waals surface area contributed by atoms with Crippen LogP contribution in [0.25, 0.3) is 22.2 Å². The van der Waals surface area contributed by atoms with Crippen molar-refractivity contribution < 1.29 is 18.8 Å². The van der Waals surface area contributed by atoms with Crippen LogP contribution in [0.4, 0.5) is 0 Å². The predicted molar refractivity (Wildman–Crippen MR) is 102 cm³/mol. The van der Waals surface area contributed by atoms with Crippen LogP contribution < -0.4 is 5.32 Å². The van der Waals surface area contributed by atoms with Crippen molar-refractivity contribution in [3.63, 3.8) is 0 Å². The molecule has 1 aromatic heterocycles. The fraction of sp³-hybridized carbons (Fsp3) is 0.286. The monoisotopic (exact) mass is 366 g/mol. The first kappa shape index (κ1) is 18.6. The van der Waals surface area contributed by atoms with Gasteiger partial charge < -0.3 is 14.6 Å². The summed E-state index contributed by atoms with van der Waals surface area (Å²) in [6.45, 7) is 5.61. The second kappa shape index (κ2) is 8.03. The number of amides is 1. The number of fused-ring (bicyclic) bond motifs is 1. The van der Waals surface area contributed by atoms with E-state index in [0.29, 0.717) is 28.1 Å². The highest BCUT2D eigenvalue weighted by Gasteiger charge is 2.16. The molecule has 0 saturated heterocycles. The Balaban J connectivity index is 1.73. The summed E-state index contributed by atoms with van der Waals surface area (Å²) in [5.41, 5.74) is 1.86. The summed E-state index contributed by atoms with van der Waals surface area (Å²) in [4.78, 5) is 24.2. The number of hydrogen-bond acceptors (Lipinski definition) is 5. The van der Waals surface area contributed by atoms with Crippen molar-refractivity contribution in [3.05, 3.63) is 54.1 Å². The smallest absolute Gasteiger partial charge is 0.338 e. The zero-order chi connectivity index (χ0) is 19.4. The van der Waals surface area contributed by atoms with E-state index < -0.39 is 5.97 Å². The average Bonchev–Trinajstić information content (AvgIpc) is 3.09. The number of ether oxygens (including phenoxy) is 1. The Kier molecular flexibility index (Phi) is 5.54. The van der Waals surface area contributed by atoms with Crippen molar-refractivity contribution >= 4 is 22.8 Å². The minimum absolute atomic E-state index is 0.0120. The van der Waals surface area contributed by atoms with Crippen LogP contribution >= 0.6 is 0 Å². The van der Waals surface area contributed by atoms with E-state index in [0.717, 1.165) is 5.56 Å². The summed E-state index contributed by atoms with van der Waals surface area (Å²) in [5.74, 6) is 0.00542. The van der Waals surface area contributed by atoms with Crippen molar-refractivity contribution in [2.24, 2.45) is 5.92 Å². The van der Waals surface area contributed by atoms with E-state index in [1.807, 2.05) is 51.1 Å². The minimum atomic E-state index is -0.565. The topological polar surface area (TPSA) is 81.4 Å². The number of nitrogens with one attached hydrogen (secondary N) is 1. The average molecular weight is 366 g/mol. The summed E-state index contributed by atoms with van der Waals surface area (Å²) in [6, 6.07) is 14.5. The molecule has 2 aromatic carbocycles. The predicted octanol–water partition coefficient (Wildman–Crippen LogP) is 3.81. The Morgan fingerprint density at radius 1 is 1.11 bits per heavy atom. The van der Waals surface area contributed by atoms with E-state index in [9.17, 15) is 9.59 Å². The quantitative estimate of drug-likeness (QED) is 0.671. The van der Waals surface area contributed by atoms with Crippen LogP contribution in [0.2, 0.25) is 0 Å². The van der Waals surface area contributed by atoms with Gasteiger partial charge in [0.2, 0.25) is 0 Å². The molecule has 0 aliphatic rings. The highest BCUT2D eigenvalue weighted by Crippen LogP contribution is 2.29. The number of benzene rings is 2. The molecule has 140 valence electrons. The molecule has 0 bridgehead atoms. The summed E-state index contributed by atoms with van der Waals surface area (Å²) in [6.07, 6.45) is 0. The maximum Gasteiger partial charge on any atom is 0.338 e. The van der Waals surface area contributed by atoms with E-state index in [1.54, 1.807) is 18.2 Å². The van der Waals surface area contributed by atoms with Crippen molar-refractivity contribution in [1.82, 2.24) is 10.5 Å². The second-order valence-electron chi connectivity index (χ2n) is 6.79.